The van der Waals surface area contributed by atoms with Crippen LogP contribution < -0.4 is 5.73 Å². The Kier molecular flexibility index (Phi) is 7.23. The first-order chi connectivity index (χ1) is 6.06. The van der Waals surface area contributed by atoms with Gasteiger partial charge in [-0.15, -0.1) is 0 Å². The average molecular weight is 188 g/mol. The lowest BCUT2D eigenvalue weighted by molar-refractivity contribution is 0.0548. The molecule has 0 fully saturated rings. The van der Waals surface area contributed by atoms with Gasteiger partial charge in [-0.05, 0) is 11.8 Å². The summed E-state index contributed by atoms with van der Waals surface area (Å²) in [7, 11) is 0. The molecule has 0 saturated heterocycles. The maximum atomic E-state index is 5.33. The van der Waals surface area contributed by atoms with Crippen LogP contribution >= 0.6 is 0 Å². The highest BCUT2D eigenvalue weighted by molar-refractivity contribution is 4.79. The van der Waals surface area contributed by atoms with Gasteiger partial charge in [0.05, 0.1) is 26.4 Å². The Balaban J connectivity index is 3.00. The fourth-order valence-electron chi connectivity index (χ4n) is 0.696. The molecule has 0 aliphatic carbocycles. The molecule has 0 aliphatic heterocycles. The standard InChI is InChI=1S/C10H22NO2/c1-10(2,3)4-6-12-8-9-13-7-5-11/h4H,5-9,11H2,1-3H3. The van der Waals surface area contributed by atoms with Gasteiger partial charge < -0.3 is 15.2 Å². The highest BCUT2D eigenvalue weighted by Crippen LogP contribution is 2.16. The van der Waals surface area contributed by atoms with Crippen LogP contribution in [0.5, 0.6) is 0 Å². The van der Waals surface area contributed by atoms with Gasteiger partial charge in [-0.3, -0.25) is 0 Å². The van der Waals surface area contributed by atoms with E-state index in [1.807, 2.05) is 0 Å². The summed E-state index contributed by atoms with van der Waals surface area (Å²) in [4.78, 5) is 0. The number of rotatable bonds is 7. The minimum Gasteiger partial charge on any atom is -0.379 e. The van der Waals surface area contributed by atoms with Crippen LogP contribution in [0.2, 0.25) is 0 Å². The second-order valence-electron chi connectivity index (χ2n) is 4.05. The van der Waals surface area contributed by atoms with Crippen LogP contribution in [0.4, 0.5) is 0 Å². The highest BCUT2D eigenvalue weighted by atomic mass is 16.5. The predicted molar refractivity (Wildman–Crippen MR) is 54.4 cm³/mol. The third kappa shape index (κ3) is 11.9. The molecular formula is C10H22NO2. The summed E-state index contributed by atoms with van der Waals surface area (Å²) in [6.45, 7) is 9.63. The first-order valence-corrected chi connectivity index (χ1v) is 4.76. The summed E-state index contributed by atoms with van der Waals surface area (Å²) in [5.74, 6) is 0. The first kappa shape index (κ1) is 12.9. The normalized spacial score (nSPS) is 12.0. The molecule has 13 heavy (non-hydrogen) atoms. The van der Waals surface area contributed by atoms with Crippen molar-refractivity contribution in [2.45, 2.75) is 20.8 Å². The topological polar surface area (TPSA) is 44.5 Å². The van der Waals surface area contributed by atoms with E-state index < -0.39 is 0 Å². The average Bonchev–Trinajstić information content (AvgIpc) is 2.01. The molecule has 0 atom stereocenters. The van der Waals surface area contributed by atoms with Crippen molar-refractivity contribution < 1.29 is 9.47 Å². The fourth-order valence-corrected chi connectivity index (χ4v) is 0.696. The van der Waals surface area contributed by atoms with Crippen molar-refractivity contribution in [2.75, 3.05) is 33.0 Å². The highest BCUT2D eigenvalue weighted by Gasteiger charge is 2.09. The first-order valence-electron chi connectivity index (χ1n) is 4.76. The van der Waals surface area contributed by atoms with E-state index in [0.29, 0.717) is 33.0 Å². The molecule has 0 saturated carbocycles. The van der Waals surface area contributed by atoms with E-state index in [2.05, 4.69) is 27.2 Å². The van der Waals surface area contributed by atoms with Gasteiger partial charge in [-0.25, -0.2) is 0 Å². The zero-order chi connectivity index (χ0) is 10.2. The summed E-state index contributed by atoms with van der Waals surface area (Å²) in [6.07, 6.45) is 2.15. The zero-order valence-electron chi connectivity index (χ0n) is 9.01. The van der Waals surface area contributed by atoms with E-state index >= 15 is 0 Å². The van der Waals surface area contributed by atoms with Gasteiger partial charge in [-0.1, -0.05) is 20.8 Å². The molecular weight excluding hydrogens is 166 g/mol. The molecule has 1 radical (unpaired) electrons. The quantitative estimate of drug-likeness (QED) is 0.611. The molecule has 0 unspecified atom stereocenters. The van der Waals surface area contributed by atoms with E-state index in [1.165, 1.54) is 0 Å². The number of hydrogen-bond donors (Lipinski definition) is 1. The summed E-state index contributed by atoms with van der Waals surface area (Å²) >= 11 is 0. The fraction of sp³-hybridized carbons (Fsp3) is 0.900. The summed E-state index contributed by atoms with van der Waals surface area (Å²) in [5, 5.41) is 0. The monoisotopic (exact) mass is 188 g/mol. The predicted octanol–water partition coefficient (Wildman–Crippen LogP) is 1.23. The molecule has 0 aromatic heterocycles. The molecule has 0 bridgehead atoms. The zero-order valence-corrected chi connectivity index (χ0v) is 9.01. The van der Waals surface area contributed by atoms with E-state index in [9.17, 15) is 0 Å². The Morgan fingerprint density at radius 3 is 2.23 bits per heavy atom. The third-order valence-electron chi connectivity index (χ3n) is 1.45. The molecule has 3 heteroatoms. The van der Waals surface area contributed by atoms with Crippen molar-refractivity contribution in [3.8, 4) is 0 Å². The van der Waals surface area contributed by atoms with Crippen molar-refractivity contribution in [1.82, 2.24) is 0 Å². The summed E-state index contributed by atoms with van der Waals surface area (Å²) in [5.41, 5.74) is 5.49. The maximum absolute atomic E-state index is 5.33. The van der Waals surface area contributed by atoms with Crippen LogP contribution in [0.1, 0.15) is 20.8 Å². The van der Waals surface area contributed by atoms with Gasteiger partial charge in [0.25, 0.3) is 0 Å². The lowest BCUT2D eigenvalue weighted by Crippen LogP contribution is -2.14. The second kappa shape index (κ2) is 7.30. The van der Waals surface area contributed by atoms with Crippen LogP contribution in [0, 0.1) is 11.8 Å². The van der Waals surface area contributed by atoms with Crippen molar-refractivity contribution in [2.24, 2.45) is 11.1 Å². The van der Waals surface area contributed by atoms with E-state index in [4.69, 9.17) is 15.2 Å². The molecule has 2 N–H and O–H groups in total. The van der Waals surface area contributed by atoms with Crippen LogP contribution in [-0.4, -0.2) is 33.0 Å². The number of ether oxygens (including phenoxy) is 2. The Hall–Kier alpha value is -0.120. The van der Waals surface area contributed by atoms with Crippen LogP contribution in [0.3, 0.4) is 0 Å². The smallest absolute Gasteiger partial charge is 0.0701 e. The molecule has 0 heterocycles. The minimum atomic E-state index is 0.234. The third-order valence-corrected chi connectivity index (χ3v) is 1.45. The molecule has 0 spiro atoms. The minimum absolute atomic E-state index is 0.234. The van der Waals surface area contributed by atoms with Gasteiger partial charge in [0.1, 0.15) is 0 Å². The maximum Gasteiger partial charge on any atom is 0.0701 e. The Labute approximate surface area is 81.6 Å². The Bertz CT molecular complexity index is 110. The van der Waals surface area contributed by atoms with E-state index in [1.54, 1.807) is 0 Å². The van der Waals surface area contributed by atoms with Gasteiger partial charge in [0.15, 0.2) is 0 Å². The van der Waals surface area contributed by atoms with Crippen LogP contribution in [0.25, 0.3) is 0 Å². The second-order valence-corrected chi connectivity index (χ2v) is 4.05. The van der Waals surface area contributed by atoms with Crippen LogP contribution in [-0.2, 0) is 9.47 Å². The van der Waals surface area contributed by atoms with Gasteiger partial charge in [0.2, 0.25) is 0 Å². The summed E-state index contributed by atoms with van der Waals surface area (Å²) in [6, 6.07) is 0. The molecule has 0 aromatic carbocycles. The van der Waals surface area contributed by atoms with Crippen molar-refractivity contribution in [1.29, 1.82) is 0 Å². The van der Waals surface area contributed by atoms with Gasteiger partial charge >= 0.3 is 0 Å². The van der Waals surface area contributed by atoms with Crippen LogP contribution in [0.15, 0.2) is 0 Å². The van der Waals surface area contributed by atoms with Crippen molar-refractivity contribution in [3.05, 3.63) is 6.42 Å². The molecule has 0 rings (SSSR count). The Morgan fingerprint density at radius 2 is 1.69 bits per heavy atom. The molecule has 3 nitrogen and oxygen atoms in total. The molecule has 0 aliphatic rings. The number of hydrogen-bond acceptors (Lipinski definition) is 3. The largest absolute Gasteiger partial charge is 0.379 e. The van der Waals surface area contributed by atoms with E-state index in [-0.39, 0.29) is 5.41 Å². The van der Waals surface area contributed by atoms with Crippen molar-refractivity contribution >= 4 is 0 Å². The molecule has 79 valence electrons. The lowest BCUT2D eigenvalue weighted by Gasteiger charge is -2.17. The van der Waals surface area contributed by atoms with Gasteiger partial charge in [-0.2, -0.15) is 0 Å². The van der Waals surface area contributed by atoms with Gasteiger partial charge in [0, 0.05) is 6.54 Å². The Morgan fingerprint density at radius 1 is 1.08 bits per heavy atom. The lowest BCUT2D eigenvalue weighted by atomic mass is 9.93. The van der Waals surface area contributed by atoms with Crippen molar-refractivity contribution in [3.63, 3.8) is 0 Å². The number of nitrogens with two attached hydrogens (primary N) is 1. The molecule has 0 aromatic rings. The molecule has 0 amide bonds. The summed E-state index contributed by atoms with van der Waals surface area (Å²) < 4.78 is 10.5. The van der Waals surface area contributed by atoms with E-state index in [0.717, 1.165) is 0 Å². The SMILES string of the molecule is CC(C)(C)[CH]COCCOCCN.